The number of hydrogen-bond donors (Lipinski definition) is 3. The van der Waals surface area contributed by atoms with Crippen molar-refractivity contribution in [1.82, 2.24) is 30.4 Å². The topological polar surface area (TPSA) is 102 Å². The quantitative estimate of drug-likeness (QED) is 0.456. The molecule has 0 unspecified atom stereocenters. The van der Waals surface area contributed by atoms with Crippen LogP contribution in [0.5, 0.6) is 0 Å². The molecule has 2 aromatic rings. The van der Waals surface area contributed by atoms with Crippen molar-refractivity contribution < 1.29 is 22.8 Å². The van der Waals surface area contributed by atoms with E-state index in [4.69, 9.17) is 0 Å². The van der Waals surface area contributed by atoms with Crippen LogP contribution in [0, 0.1) is 5.92 Å². The summed E-state index contributed by atoms with van der Waals surface area (Å²) in [4.78, 5) is 37.6. The van der Waals surface area contributed by atoms with Crippen molar-refractivity contribution in [1.29, 1.82) is 0 Å². The van der Waals surface area contributed by atoms with E-state index in [1.807, 2.05) is 32.7 Å². The average Bonchev–Trinajstić information content (AvgIpc) is 2.89. The van der Waals surface area contributed by atoms with Crippen LogP contribution in [0.2, 0.25) is 0 Å². The van der Waals surface area contributed by atoms with Crippen LogP contribution in [0.1, 0.15) is 68.1 Å². The molecular weight excluding hydrogens is 535 g/mol. The highest BCUT2D eigenvalue weighted by Gasteiger charge is 2.37. The zero-order chi connectivity index (χ0) is 29.8. The van der Waals surface area contributed by atoms with Crippen LogP contribution in [-0.4, -0.2) is 76.5 Å². The van der Waals surface area contributed by atoms with Gasteiger partial charge in [-0.25, -0.2) is 14.8 Å². The number of alkyl halides is 3. The van der Waals surface area contributed by atoms with Crippen LogP contribution >= 0.6 is 0 Å². The molecule has 0 spiro atoms. The van der Waals surface area contributed by atoms with Crippen molar-refractivity contribution in [2.45, 2.75) is 70.6 Å². The van der Waals surface area contributed by atoms with Gasteiger partial charge in [0.2, 0.25) is 5.95 Å². The standard InChI is InChI=1S/C29H40F3N7O2/c1-28(2,3)37-27(41)36-23-8-6-5-7-20(23)17-24-22(29(30,31)32)18-33-26(35-24)34-21-11-9-19(10-12-21)25(40)39-15-13-38(4)14-16-39/h9-12,18,20,23H,5-8,13-17H2,1-4H3,(H,33,34,35)(H2,36,37,41)/t20-,23-/m0/s1. The van der Waals surface area contributed by atoms with Gasteiger partial charge in [-0.15, -0.1) is 0 Å². The van der Waals surface area contributed by atoms with Crippen molar-refractivity contribution in [2.75, 3.05) is 38.5 Å². The Kier molecular flexibility index (Phi) is 9.41. The summed E-state index contributed by atoms with van der Waals surface area (Å²) < 4.78 is 41.8. The first kappa shape index (κ1) is 30.5. The van der Waals surface area contributed by atoms with Crippen LogP contribution < -0.4 is 16.0 Å². The predicted molar refractivity (Wildman–Crippen MR) is 151 cm³/mol. The van der Waals surface area contributed by atoms with Gasteiger partial charge < -0.3 is 25.8 Å². The zero-order valence-corrected chi connectivity index (χ0v) is 24.1. The summed E-state index contributed by atoms with van der Waals surface area (Å²) in [6.07, 6.45) is -0.585. The predicted octanol–water partition coefficient (Wildman–Crippen LogP) is 4.83. The van der Waals surface area contributed by atoms with Gasteiger partial charge in [-0.3, -0.25) is 4.79 Å². The van der Waals surface area contributed by atoms with E-state index in [1.54, 1.807) is 24.3 Å². The highest BCUT2D eigenvalue weighted by atomic mass is 19.4. The van der Waals surface area contributed by atoms with Gasteiger partial charge in [0.15, 0.2) is 0 Å². The van der Waals surface area contributed by atoms with Crippen LogP contribution in [-0.2, 0) is 12.6 Å². The summed E-state index contributed by atoms with van der Waals surface area (Å²) in [5.41, 5.74) is -0.311. The number of anilines is 2. The molecule has 41 heavy (non-hydrogen) atoms. The maximum absolute atomic E-state index is 13.9. The minimum Gasteiger partial charge on any atom is -0.336 e. The second kappa shape index (κ2) is 12.6. The van der Waals surface area contributed by atoms with E-state index >= 15 is 0 Å². The molecule has 224 valence electrons. The van der Waals surface area contributed by atoms with E-state index in [-0.39, 0.29) is 42.0 Å². The van der Waals surface area contributed by atoms with Crippen LogP contribution in [0.25, 0.3) is 0 Å². The molecule has 0 radical (unpaired) electrons. The SMILES string of the molecule is CN1CCN(C(=O)c2ccc(Nc3ncc(C(F)(F)F)c(C[C@@H]4CCCC[C@@H]4NC(=O)NC(C)(C)C)n3)cc2)CC1. The van der Waals surface area contributed by atoms with Crippen molar-refractivity contribution in [3.8, 4) is 0 Å². The molecule has 2 heterocycles. The summed E-state index contributed by atoms with van der Waals surface area (Å²) in [6, 6.07) is 6.18. The van der Waals surface area contributed by atoms with E-state index in [9.17, 15) is 22.8 Å². The lowest BCUT2D eigenvalue weighted by Crippen LogP contribution is -2.52. The van der Waals surface area contributed by atoms with E-state index in [0.717, 1.165) is 32.1 Å². The molecule has 1 saturated carbocycles. The molecule has 9 nitrogen and oxygen atoms in total. The summed E-state index contributed by atoms with van der Waals surface area (Å²) in [7, 11) is 2.02. The fourth-order valence-corrected chi connectivity index (χ4v) is 5.32. The van der Waals surface area contributed by atoms with E-state index in [2.05, 4.69) is 30.8 Å². The Bertz CT molecular complexity index is 1210. The minimum atomic E-state index is -4.61. The van der Waals surface area contributed by atoms with Crippen LogP contribution in [0.4, 0.5) is 29.6 Å². The van der Waals surface area contributed by atoms with Gasteiger partial charge in [0.1, 0.15) is 0 Å². The molecule has 4 rings (SSSR count). The van der Waals surface area contributed by atoms with Crippen molar-refractivity contribution in [3.63, 3.8) is 0 Å². The summed E-state index contributed by atoms with van der Waals surface area (Å²) >= 11 is 0. The fourth-order valence-electron chi connectivity index (χ4n) is 5.32. The third kappa shape index (κ3) is 8.54. The number of hydrogen-bond acceptors (Lipinski definition) is 6. The molecule has 12 heteroatoms. The lowest BCUT2D eigenvalue weighted by atomic mass is 9.81. The van der Waals surface area contributed by atoms with Gasteiger partial charge >= 0.3 is 12.2 Å². The third-order valence-electron chi connectivity index (χ3n) is 7.52. The Morgan fingerprint density at radius 2 is 1.66 bits per heavy atom. The highest BCUT2D eigenvalue weighted by Crippen LogP contribution is 2.35. The molecule has 1 aromatic heterocycles. The number of aromatic nitrogens is 2. The number of nitrogens with one attached hydrogen (secondary N) is 3. The van der Waals surface area contributed by atoms with Crippen LogP contribution in [0.3, 0.4) is 0 Å². The lowest BCUT2D eigenvalue weighted by Gasteiger charge is -2.33. The van der Waals surface area contributed by atoms with Gasteiger partial charge in [0, 0.05) is 55.2 Å². The Balaban J connectivity index is 1.48. The summed E-state index contributed by atoms with van der Waals surface area (Å²) in [5.74, 6) is -0.209. The Labute approximate surface area is 239 Å². The number of halogens is 3. The summed E-state index contributed by atoms with van der Waals surface area (Å²) in [5, 5.41) is 8.82. The van der Waals surface area contributed by atoms with Crippen molar-refractivity contribution in [2.24, 2.45) is 5.92 Å². The normalized spacial score (nSPS) is 20.4. The Morgan fingerprint density at radius 1 is 1.00 bits per heavy atom. The number of piperazine rings is 1. The van der Waals surface area contributed by atoms with Gasteiger partial charge in [-0.2, -0.15) is 13.2 Å². The van der Waals surface area contributed by atoms with Gasteiger partial charge in [-0.05, 0) is 77.3 Å². The Morgan fingerprint density at radius 3 is 2.29 bits per heavy atom. The first-order valence-corrected chi connectivity index (χ1v) is 14.2. The third-order valence-corrected chi connectivity index (χ3v) is 7.52. The molecule has 1 aromatic carbocycles. The van der Waals surface area contributed by atoms with Gasteiger partial charge in [-0.1, -0.05) is 12.8 Å². The number of nitrogens with zero attached hydrogens (tertiary/aromatic N) is 4. The molecule has 2 atom stereocenters. The number of urea groups is 1. The molecule has 1 aliphatic carbocycles. The molecular formula is C29H40F3N7O2. The summed E-state index contributed by atoms with van der Waals surface area (Å²) in [6.45, 7) is 8.58. The monoisotopic (exact) mass is 575 g/mol. The molecule has 3 amide bonds. The molecule has 0 bridgehead atoms. The second-order valence-corrected chi connectivity index (χ2v) is 12.1. The first-order chi connectivity index (χ1) is 19.3. The minimum absolute atomic E-state index is 0.0388. The lowest BCUT2D eigenvalue weighted by molar-refractivity contribution is -0.138. The maximum atomic E-state index is 13.9. The zero-order valence-electron chi connectivity index (χ0n) is 24.1. The fraction of sp³-hybridized carbons (Fsp3) is 0.586. The average molecular weight is 576 g/mol. The molecule has 1 aliphatic heterocycles. The van der Waals surface area contributed by atoms with Gasteiger partial charge in [0.25, 0.3) is 5.91 Å². The first-order valence-electron chi connectivity index (χ1n) is 14.2. The van der Waals surface area contributed by atoms with E-state index in [0.29, 0.717) is 37.2 Å². The number of amides is 3. The number of rotatable bonds is 6. The van der Waals surface area contributed by atoms with Gasteiger partial charge in [0.05, 0.1) is 11.3 Å². The highest BCUT2D eigenvalue weighted by molar-refractivity contribution is 5.94. The van der Waals surface area contributed by atoms with Crippen molar-refractivity contribution >= 4 is 23.6 Å². The maximum Gasteiger partial charge on any atom is 0.419 e. The van der Waals surface area contributed by atoms with Crippen molar-refractivity contribution in [3.05, 3.63) is 47.3 Å². The van der Waals surface area contributed by atoms with Crippen LogP contribution in [0.15, 0.2) is 30.5 Å². The molecule has 3 N–H and O–H groups in total. The number of carbonyl (C=O) groups is 2. The van der Waals surface area contributed by atoms with E-state index in [1.165, 1.54) is 0 Å². The number of carbonyl (C=O) groups excluding carboxylic acids is 2. The van der Waals surface area contributed by atoms with E-state index < -0.39 is 17.3 Å². The number of likely N-dealkylation sites (N-methyl/N-ethyl adjacent to an activating group) is 1. The largest absolute Gasteiger partial charge is 0.419 e. The number of benzene rings is 1. The molecule has 2 fully saturated rings. The Hall–Kier alpha value is -3.41. The molecule has 2 aliphatic rings. The molecule has 1 saturated heterocycles. The smallest absolute Gasteiger partial charge is 0.336 e. The second-order valence-electron chi connectivity index (χ2n) is 12.1.